The van der Waals surface area contributed by atoms with Gasteiger partial charge in [-0.15, -0.1) is 0 Å². The predicted molar refractivity (Wildman–Crippen MR) is 66.2 cm³/mol. The smallest absolute Gasteiger partial charge is 0.255 e. The minimum Gasteiger partial charge on any atom is -0.347 e. The molecule has 0 aliphatic heterocycles. The third kappa shape index (κ3) is 3.35. The van der Waals surface area contributed by atoms with Crippen molar-refractivity contribution in [1.29, 1.82) is 0 Å². The third-order valence-electron chi connectivity index (χ3n) is 1.86. The Morgan fingerprint density at radius 2 is 1.94 bits per heavy atom. The van der Waals surface area contributed by atoms with Gasteiger partial charge in [0.25, 0.3) is 5.91 Å². The maximum Gasteiger partial charge on any atom is 0.255 e. The second kappa shape index (κ2) is 4.60. The highest BCUT2D eigenvalue weighted by atomic mass is 35.5. The molecule has 1 amide bonds. The summed E-state index contributed by atoms with van der Waals surface area (Å²) in [7, 11) is 0. The molecule has 3 nitrogen and oxygen atoms in total. The topological polar surface area (TPSA) is 42.0 Å². The second-order valence-corrected chi connectivity index (χ2v) is 5.38. The van der Waals surface area contributed by atoms with Crippen LogP contribution >= 0.6 is 23.2 Å². The number of aromatic nitrogens is 1. The number of nitrogens with one attached hydrogen (secondary N) is 1. The van der Waals surface area contributed by atoms with Crippen molar-refractivity contribution in [2.75, 3.05) is 0 Å². The van der Waals surface area contributed by atoms with Crippen LogP contribution < -0.4 is 5.32 Å². The standard InChI is InChI=1S/C11H14Cl2N2O/c1-6-5-7(12)14-9(13)8(6)10(16)15-11(2,3)4/h5H,1-4H3,(H,15,16). The van der Waals surface area contributed by atoms with Gasteiger partial charge in [-0.3, -0.25) is 4.79 Å². The van der Waals surface area contributed by atoms with Crippen LogP contribution in [-0.2, 0) is 0 Å². The second-order valence-electron chi connectivity index (χ2n) is 4.63. The zero-order valence-corrected chi connectivity index (χ0v) is 11.2. The summed E-state index contributed by atoms with van der Waals surface area (Å²) >= 11 is 11.6. The summed E-state index contributed by atoms with van der Waals surface area (Å²) < 4.78 is 0. The van der Waals surface area contributed by atoms with Crippen molar-refractivity contribution >= 4 is 29.1 Å². The molecule has 1 heterocycles. The largest absolute Gasteiger partial charge is 0.347 e. The molecule has 0 atom stereocenters. The van der Waals surface area contributed by atoms with Gasteiger partial charge in [-0.1, -0.05) is 23.2 Å². The van der Waals surface area contributed by atoms with Crippen molar-refractivity contribution in [2.45, 2.75) is 33.2 Å². The van der Waals surface area contributed by atoms with E-state index in [1.807, 2.05) is 20.8 Å². The van der Waals surface area contributed by atoms with Crippen molar-refractivity contribution in [3.63, 3.8) is 0 Å². The summed E-state index contributed by atoms with van der Waals surface area (Å²) in [5.74, 6) is -0.237. The molecule has 1 aromatic rings. The van der Waals surface area contributed by atoms with Gasteiger partial charge in [-0.2, -0.15) is 0 Å². The van der Waals surface area contributed by atoms with Gasteiger partial charge in [0.2, 0.25) is 0 Å². The Labute approximate surface area is 105 Å². The lowest BCUT2D eigenvalue weighted by Crippen LogP contribution is -2.41. The van der Waals surface area contributed by atoms with Crippen LogP contribution in [0.3, 0.4) is 0 Å². The van der Waals surface area contributed by atoms with Gasteiger partial charge in [-0.05, 0) is 39.3 Å². The molecule has 0 aliphatic carbocycles. The SMILES string of the molecule is Cc1cc(Cl)nc(Cl)c1C(=O)NC(C)(C)C. The van der Waals surface area contributed by atoms with Crippen LogP contribution in [0.4, 0.5) is 0 Å². The van der Waals surface area contributed by atoms with Crippen molar-refractivity contribution in [2.24, 2.45) is 0 Å². The minimum absolute atomic E-state index is 0.131. The van der Waals surface area contributed by atoms with Gasteiger partial charge in [0.05, 0.1) is 5.56 Å². The highest BCUT2D eigenvalue weighted by molar-refractivity contribution is 6.34. The van der Waals surface area contributed by atoms with Gasteiger partial charge in [0.1, 0.15) is 10.3 Å². The average Bonchev–Trinajstić information content (AvgIpc) is 1.96. The monoisotopic (exact) mass is 260 g/mol. The highest BCUT2D eigenvalue weighted by Gasteiger charge is 2.20. The van der Waals surface area contributed by atoms with Crippen LogP contribution in [0, 0.1) is 6.92 Å². The lowest BCUT2D eigenvalue weighted by molar-refractivity contribution is 0.0919. The molecule has 16 heavy (non-hydrogen) atoms. The summed E-state index contributed by atoms with van der Waals surface area (Å²) in [4.78, 5) is 15.8. The van der Waals surface area contributed by atoms with E-state index in [4.69, 9.17) is 23.2 Å². The first-order chi connectivity index (χ1) is 7.20. The average molecular weight is 261 g/mol. The molecule has 0 saturated heterocycles. The predicted octanol–water partition coefficient (Wildman–Crippen LogP) is 3.23. The molecule has 0 fully saturated rings. The summed E-state index contributed by atoms with van der Waals surface area (Å²) in [6.07, 6.45) is 0. The van der Waals surface area contributed by atoms with E-state index in [2.05, 4.69) is 10.3 Å². The van der Waals surface area contributed by atoms with Gasteiger partial charge >= 0.3 is 0 Å². The first-order valence-electron chi connectivity index (χ1n) is 4.86. The number of amides is 1. The molecule has 1 N–H and O–H groups in total. The zero-order valence-electron chi connectivity index (χ0n) is 9.69. The lowest BCUT2D eigenvalue weighted by Gasteiger charge is -2.21. The summed E-state index contributed by atoms with van der Waals surface area (Å²) in [6, 6.07) is 1.62. The van der Waals surface area contributed by atoms with E-state index in [1.54, 1.807) is 13.0 Å². The Morgan fingerprint density at radius 3 is 2.38 bits per heavy atom. The lowest BCUT2D eigenvalue weighted by atomic mass is 10.1. The van der Waals surface area contributed by atoms with Crippen LogP contribution in [0.15, 0.2) is 6.07 Å². The maximum absolute atomic E-state index is 11.9. The highest BCUT2D eigenvalue weighted by Crippen LogP contribution is 2.21. The number of nitrogens with zero attached hydrogens (tertiary/aromatic N) is 1. The van der Waals surface area contributed by atoms with Crippen LogP contribution in [0.2, 0.25) is 10.3 Å². The molecule has 1 aromatic heterocycles. The van der Waals surface area contributed by atoms with Crippen LogP contribution in [0.5, 0.6) is 0 Å². The number of carbonyl (C=O) groups excluding carboxylic acids is 1. The summed E-state index contributed by atoms with van der Waals surface area (Å²) in [5, 5.41) is 3.25. The van der Waals surface area contributed by atoms with Crippen molar-refractivity contribution in [3.05, 3.63) is 27.5 Å². The zero-order chi connectivity index (χ0) is 12.5. The van der Waals surface area contributed by atoms with Gasteiger partial charge in [0.15, 0.2) is 0 Å². The molecule has 5 heteroatoms. The fraction of sp³-hybridized carbons (Fsp3) is 0.455. The molecule has 88 valence electrons. The van der Waals surface area contributed by atoms with Crippen molar-refractivity contribution < 1.29 is 4.79 Å². The van der Waals surface area contributed by atoms with Crippen LogP contribution in [0.25, 0.3) is 0 Å². The minimum atomic E-state index is -0.313. The van der Waals surface area contributed by atoms with Crippen molar-refractivity contribution in [3.8, 4) is 0 Å². The number of hydrogen-bond donors (Lipinski definition) is 1. The molecule has 0 unspecified atom stereocenters. The van der Waals surface area contributed by atoms with E-state index in [0.717, 1.165) is 0 Å². The van der Waals surface area contributed by atoms with E-state index < -0.39 is 0 Å². The molecule has 0 aliphatic rings. The summed E-state index contributed by atoms with van der Waals surface area (Å²) in [5.41, 5.74) is 0.777. The third-order valence-corrected chi connectivity index (χ3v) is 2.32. The molecule has 0 aromatic carbocycles. The molecule has 0 spiro atoms. The molecule has 1 rings (SSSR count). The van der Waals surface area contributed by atoms with E-state index in [-0.39, 0.29) is 21.8 Å². The van der Waals surface area contributed by atoms with Crippen LogP contribution in [-0.4, -0.2) is 16.4 Å². The molecule has 0 radical (unpaired) electrons. The van der Waals surface area contributed by atoms with Crippen LogP contribution in [0.1, 0.15) is 36.7 Å². The number of hydrogen-bond acceptors (Lipinski definition) is 2. The van der Waals surface area contributed by atoms with E-state index in [9.17, 15) is 4.79 Å². The quantitative estimate of drug-likeness (QED) is 0.788. The molecular weight excluding hydrogens is 247 g/mol. The number of aryl methyl sites for hydroxylation is 1. The molecular formula is C11H14Cl2N2O. The van der Waals surface area contributed by atoms with E-state index in [1.165, 1.54) is 0 Å². The normalized spacial score (nSPS) is 11.4. The Bertz CT molecular complexity index is 401. The number of rotatable bonds is 1. The van der Waals surface area contributed by atoms with Gasteiger partial charge < -0.3 is 5.32 Å². The number of carbonyl (C=O) groups is 1. The number of halogens is 2. The Morgan fingerprint density at radius 1 is 1.38 bits per heavy atom. The van der Waals surface area contributed by atoms with E-state index in [0.29, 0.717) is 11.1 Å². The Kier molecular flexibility index (Phi) is 3.81. The summed E-state index contributed by atoms with van der Waals surface area (Å²) in [6.45, 7) is 7.48. The first kappa shape index (κ1) is 13.3. The maximum atomic E-state index is 11.9. The Hall–Kier alpha value is -0.800. The fourth-order valence-corrected chi connectivity index (χ4v) is 1.89. The Balaban J connectivity index is 3.10. The van der Waals surface area contributed by atoms with E-state index >= 15 is 0 Å². The van der Waals surface area contributed by atoms with Gasteiger partial charge in [-0.25, -0.2) is 4.98 Å². The van der Waals surface area contributed by atoms with Crippen molar-refractivity contribution in [1.82, 2.24) is 10.3 Å². The first-order valence-corrected chi connectivity index (χ1v) is 5.61. The molecule has 0 saturated carbocycles. The fourth-order valence-electron chi connectivity index (χ4n) is 1.27. The molecule has 0 bridgehead atoms. The number of pyridine rings is 1. The van der Waals surface area contributed by atoms with Gasteiger partial charge in [0, 0.05) is 5.54 Å².